The third kappa shape index (κ3) is 3.12. The fraction of sp³-hybridized carbons (Fsp3) is 0.148. The molecule has 0 radical (unpaired) electrons. The van der Waals surface area contributed by atoms with Crippen LogP contribution in [0.3, 0.4) is 0 Å². The molecule has 5 rings (SSSR count). The number of nitrogens with zero attached hydrogens (tertiary/aromatic N) is 2. The molecule has 0 unspecified atom stereocenters. The van der Waals surface area contributed by atoms with Gasteiger partial charge in [-0.1, -0.05) is 78.9 Å². The topological polar surface area (TPSA) is 36.2 Å². The van der Waals surface area contributed by atoms with Gasteiger partial charge in [0.15, 0.2) is 0 Å². The Morgan fingerprint density at radius 1 is 0.871 bits per heavy atom. The molecule has 4 heteroatoms. The predicted molar refractivity (Wildman–Crippen MR) is 126 cm³/mol. The van der Waals surface area contributed by atoms with Crippen molar-refractivity contribution in [1.29, 1.82) is 0 Å². The predicted octanol–water partition coefficient (Wildman–Crippen LogP) is 6.62. The van der Waals surface area contributed by atoms with E-state index in [1.165, 1.54) is 5.56 Å². The van der Waals surface area contributed by atoms with Crippen molar-refractivity contribution in [3.63, 3.8) is 0 Å². The van der Waals surface area contributed by atoms with Crippen LogP contribution in [0.1, 0.15) is 18.2 Å². The largest absolute Gasteiger partial charge is 0.449 e. The third-order valence-corrected chi connectivity index (χ3v) is 5.81. The third-order valence-electron chi connectivity index (χ3n) is 5.81. The zero-order valence-corrected chi connectivity index (χ0v) is 17.7. The van der Waals surface area contributed by atoms with Crippen LogP contribution in [0.4, 0.5) is 4.79 Å². The van der Waals surface area contributed by atoms with E-state index < -0.39 is 0 Å². The van der Waals surface area contributed by atoms with Crippen molar-refractivity contribution in [3.8, 4) is 11.3 Å². The van der Waals surface area contributed by atoms with E-state index >= 15 is 0 Å². The van der Waals surface area contributed by atoms with E-state index in [9.17, 15) is 4.79 Å². The molecule has 0 bridgehead atoms. The van der Waals surface area contributed by atoms with Gasteiger partial charge in [-0.3, -0.25) is 0 Å². The standard InChI is InChI=1S/C27H24N2O2/c1-3-31-27(30)29-23-17-11-10-16-22(23)24-25(29)19(2)28(18-20-12-6-4-7-13-20)26(24)21-14-8-5-9-15-21/h4-17H,3,18H2,1-2H3. The molecule has 0 aliphatic rings. The maximum Gasteiger partial charge on any atom is 0.419 e. The monoisotopic (exact) mass is 408 g/mol. The van der Waals surface area contributed by atoms with Gasteiger partial charge in [0.25, 0.3) is 0 Å². The number of carbonyl (C=O) groups excluding carboxylic acids is 1. The van der Waals surface area contributed by atoms with E-state index in [0.29, 0.717) is 6.61 Å². The molecule has 0 saturated heterocycles. The fourth-order valence-corrected chi connectivity index (χ4v) is 4.49. The molecule has 5 aromatic rings. The zero-order chi connectivity index (χ0) is 21.4. The van der Waals surface area contributed by atoms with Gasteiger partial charge in [0.05, 0.1) is 23.3 Å². The van der Waals surface area contributed by atoms with Gasteiger partial charge in [-0.05, 0) is 31.0 Å². The van der Waals surface area contributed by atoms with Gasteiger partial charge < -0.3 is 9.30 Å². The van der Waals surface area contributed by atoms with Crippen LogP contribution < -0.4 is 0 Å². The summed E-state index contributed by atoms with van der Waals surface area (Å²) in [5.74, 6) is 0. The highest BCUT2D eigenvalue weighted by Crippen LogP contribution is 2.41. The first-order chi connectivity index (χ1) is 15.2. The summed E-state index contributed by atoms with van der Waals surface area (Å²) < 4.78 is 9.50. The van der Waals surface area contributed by atoms with Gasteiger partial charge in [-0.15, -0.1) is 0 Å². The highest BCUT2D eigenvalue weighted by molar-refractivity contribution is 6.19. The Morgan fingerprint density at radius 3 is 2.23 bits per heavy atom. The van der Waals surface area contributed by atoms with E-state index in [-0.39, 0.29) is 6.09 Å². The molecule has 0 aliphatic carbocycles. The van der Waals surface area contributed by atoms with E-state index in [1.807, 2.05) is 37.3 Å². The van der Waals surface area contributed by atoms with Crippen molar-refractivity contribution in [1.82, 2.24) is 9.13 Å². The van der Waals surface area contributed by atoms with E-state index in [2.05, 4.69) is 66.1 Å². The first-order valence-corrected chi connectivity index (χ1v) is 10.6. The van der Waals surface area contributed by atoms with Crippen LogP contribution in [0.2, 0.25) is 0 Å². The Labute approximate surface area is 181 Å². The molecule has 0 amide bonds. The summed E-state index contributed by atoms with van der Waals surface area (Å²) in [4.78, 5) is 13.0. The lowest BCUT2D eigenvalue weighted by atomic mass is 10.1. The number of ether oxygens (including phenoxy) is 1. The maximum atomic E-state index is 13.0. The number of fused-ring (bicyclic) bond motifs is 3. The lowest BCUT2D eigenvalue weighted by molar-refractivity contribution is 0.156. The number of hydrogen-bond acceptors (Lipinski definition) is 2. The first kappa shape index (κ1) is 19.2. The highest BCUT2D eigenvalue weighted by atomic mass is 16.5. The van der Waals surface area contributed by atoms with Gasteiger partial charge in [0.2, 0.25) is 0 Å². The maximum absolute atomic E-state index is 13.0. The average molecular weight is 409 g/mol. The Kier molecular flexibility index (Phi) is 4.83. The van der Waals surface area contributed by atoms with E-state index in [1.54, 1.807) is 4.57 Å². The van der Waals surface area contributed by atoms with Gasteiger partial charge in [-0.25, -0.2) is 9.36 Å². The van der Waals surface area contributed by atoms with Crippen LogP contribution in [0, 0.1) is 6.92 Å². The molecule has 0 N–H and O–H groups in total. The number of hydrogen-bond donors (Lipinski definition) is 0. The summed E-state index contributed by atoms with van der Waals surface area (Å²) in [6.07, 6.45) is -0.340. The van der Waals surface area contributed by atoms with Gasteiger partial charge in [0.1, 0.15) is 0 Å². The van der Waals surface area contributed by atoms with Crippen LogP contribution in [-0.2, 0) is 11.3 Å². The van der Waals surface area contributed by atoms with Gasteiger partial charge in [0, 0.05) is 23.0 Å². The second kappa shape index (κ2) is 7.80. The molecule has 154 valence electrons. The smallest absolute Gasteiger partial charge is 0.419 e. The highest BCUT2D eigenvalue weighted by Gasteiger charge is 2.26. The second-order valence-corrected chi connectivity index (χ2v) is 7.65. The molecule has 0 spiro atoms. The number of para-hydroxylation sites is 1. The lowest BCUT2D eigenvalue weighted by Gasteiger charge is -2.14. The van der Waals surface area contributed by atoms with Crippen LogP contribution in [0.25, 0.3) is 33.1 Å². The number of carbonyl (C=O) groups is 1. The van der Waals surface area contributed by atoms with Crippen molar-refractivity contribution in [2.24, 2.45) is 0 Å². The lowest BCUT2D eigenvalue weighted by Crippen LogP contribution is -2.14. The zero-order valence-electron chi connectivity index (χ0n) is 17.7. The summed E-state index contributed by atoms with van der Waals surface area (Å²) in [5.41, 5.74) is 6.29. The second-order valence-electron chi connectivity index (χ2n) is 7.65. The molecule has 4 nitrogen and oxygen atoms in total. The van der Waals surface area contributed by atoms with E-state index in [4.69, 9.17) is 4.74 Å². The van der Waals surface area contributed by atoms with Crippen molar-refractivity contribution < 1.29 is 9.53 Å². The summed E-state index contributed by atoms with van der Waals surface area (Å²) >= 11 is 0. The average Bonchev–Trinajstić information content (AvgIpc) is 3.28. The minimum Gasteiger partial charge on any atom is -0.449 e. The molecule has 31 heavy (non-hydrogen) atoms. The molecule has 2 heterocycles. The molecule has 0 fully saturated rings. The van der Waals surface area contributed by atoms with Crippen molar-refractivity contribution >= 4 is 27.9 Å². The van der Waals surface area contributed by atoms with Crippen LogP contribution in [-0.4, -0.2) is 21.8 Å². The van der Waals surface area contributed by atoms with Gasteiger partial charge in [-0.2, -0.15) is 0 Å². The molecule has 0 atom stereocenters. The van der Waals surface area contributed by atoms with Crippen molar-refractivity contribution in [3.05, 3.63) is 96.2 Å². The molecule has 0 saturated carbocycles. The number of benzene rings is 3. The Bertz CT molecular complexity index is 1380. The van der Waals surface area contributed by atoms with E-state index in [0.717, 1.165) is 45.3 Å². The van der Waals surface area contributed by atoms with Crippen LogP contribution in [0.15, 0.2) is 84.9 Å². The fourth-order valence-electron chi connectivity index (χ4n) is 4.49. The quantitative estimate of drug-likeness (QED) is 0.335. The van der Waals surface area contributed by atoms with Crippen LogP contribution in [0.5, 0.6) is 0 Å². The van der Waals surface area contributed by atoms with Crippen molar-refractivity contribution in [2.45, 2.75) is 20.4 Å². The minimum absolute atomic E-state index is 0.335. The first-order valence-electron chi connectivity index (χ1n) is 10.6. The molecule has 3 aromatic carbocycles. The Balaban J connectivity index is 1.90. The molecular weight excluding hydrogens is 384 g/mol. The summed E-state index contributed by atoms with van der Waals surface area (Å²) in [6.45, 7) is 4.99. The summed E-state index contributed by atoms with van der Waals surface area (Å²) in [7, 11) is 0. The number of rotatable bonds is 4. The Hall–Kier alpha value is -3.79. The van der Waals surface area contributed by atoms with Gasteiger partial charge >= 0.3 is 6.09 Å². The number of aromatic nitrogens is 2. The Morgan fingerprint density at radius 2 is 1.52 bits per heavy atom. The van der Waals surface area contributed by atoms with Crippen LogP contribution >= 0.6 is 0 Å². The molecule has 0 aliphatic heterocycles. The molecule has 2 aromatic heterocycles. The van der Waals surface area contributed by atoms with Crippen molar-refractivity contribution in [2.75, 3.05) is 6.61 Å². The minimum atomic E-state index is -0.340. The molecular formula is C27H24N2O2. The SMILES string of the molecule is CCOC(=O)n1c2ccccc2c2c(-c3ccccc3)n(Cc3ccccc3)c(C)c21. The normalized spacial score (nSPS) is 11.3. The summed E-state index contributed by atoms with van der Waals surface area (Å²) in [6, 6.07) is 28.9. The summed E-state index contributed by atoms with van der Waals surface area (Å²) in [5, 5.41) is 2.14. The number of aryl methyl sites for hydroxylation is 1.